The molecule has 32 heavy (non-hydrogen) atoms. The number of aromatic amines is 1. The summed E-state index contributed by atoms with van der Waals surface area (Å²) in [5.74, 6) is 1.26. The topological polar surface area (TPSA) is 114 Å². The second kappa shape index (κ2) is 7.37. The summed E-state index contributed by atoms with van der Waals surface area (Å²) >= 11 is 0. The Kier molecular flexibility index (Phi) is 4.73. The predicted octanol–water partition coefficient (Wildman–Crippen LogP) is 3.28. The van der Waals surface area contributed by atoms with Gasteiger partial charge >= 0.3 is 0 Å². The summed E-state index contributed by atoms with van der Waals surface area (Å²) in [6.07, 6.45) is 2.14. The third kappa shape index (κ3) is 3.52. The largest absolute Gasteiger partial charge is 0.480 e. The molecule has 1 fully saturated rings. The molecule has 3 N–H and O–H groups in total. The van der Waals surface area contributed by atoms with Gasteiger partial charge in [-0.3, -0.25) is 0 Å². The summed E-state index contributed by atoms with van der Waals surface area (Å²) in [7, 11) is 1.53. The van der Waals surface area contributed by atoms with E-state index < -0.39 is 18.6 Å². The standard InChI is InChI=1S/C21H23F2N7O2/c1-10-26-17-14(30(10)9-15(22)23)4-11(7-24-17)13-8-25-18-16(13)19(32-3)29-20(28-18)27-12-5-21(2,31)6-12/h4,7-8,12,15,31H,5-6,9H2,1-3H3,(H2,25,27,28,29)/t12-,21-. The van der Waals surface area contributed by atoms with Crippen molar-refractivity contribution < 1.29 is 18.6 Å². The third-order valence-electron chi connectivity index (χ3n) is 5.83. The number of aryl methyl sites for hydroxylation is 1. The molecule has 0 saturated heterocycles. The average Bonchev–Trinajstić information content (AvgIpc) is 3.26. The van der Waals surface area contributed by atoms with Crippen molar-refractivity contribution in [3.05, 3.63) is 24.3 Å². The highest BCUT2D eigenvalue weighted by Crippen LogP contribution is 2.37. The zero-order chi connectivity index (χ0) is 22.6. The quantitative estimate of drug-likeness (QED) is 0.419. The van der Waals surface area contributed by atoms with E-state index >= 15 is 0 Å². The van der Waals surface area contributed by atoms with E-state index in [1.165, 1.54) is 11.7 Å². The van der Waals surface area contributed by atoms with E-state index in [1.54, 1.807) is 32.3 Å². The molecule has 0 spiro atoms. The van der Waals surface area contributed by atoms with Crippen LogP contribution in [0, 0.1) is 6.92 Å². The molecule has 0 aromatic carbocycles. The lowest BCUT2D eigenvalue weighted by molar-refractivity contribution is -0.0236. The Bertz CT molecular complexity index is 1310. The van der Waals surface area contributed by atoms with Crippen molar-refractivity contribution in [1.29, 1.82) is 0 Å². The van der Waals surface area contributed by atoms with Crippen LogP contribution in [0.4, 0.5) is 14.7 Å². The number of nitrogens with zero attached hydrogens (tertiary/aromatic N) is 5. The van der Waals surface area contributed by atoms with E-state index in [4.69, 9.17) is 4.74 Å². The molecule has 0 aliphatic heterocycles. The van der Waals surface area contributed by atoms with Gasteiger partial charge < -0.3 is 24.7 Å². The molecule has 168 valence electrons. The van der Waals surface area contributed by atoms with Crippen LogP contribution in [0.2, 0.25) is 0 Å². The Morgan fingerprint density at radius 1 is 1.34 bits per heavy atom. The second-order valence-corrected chi connectivity index (χ2v) is 8.46. The molecule has 0 atom stereocenters. The SMILES string of the molecule is COc1nc(N[C@H]2C[C@](C)(O)C2)nc2[nH]cc(-c3cnc4nc(C)n(CC(F)F)c4c3)c12. The highest BCUT2D eigenvalue weighted by Gasteiger charge is 2.38. The lowest BCUT2D eigenvalue weighted by Crippen LogP contribution is -2.48. The minimum Gasteiger partial charge on any atom is -0.480 e. The van der Waals surface area contributed by atoms with Crippen LogP contribution in [-0.4, -0.2) is 59.8 Å². The smallest absolute Gasteiger partial charge is 0.256 e. The first kappa shape index (κ1) is 20.6. The number of nitrogens with one attached hydrogen (secondary N) is 2. The molecule has 0 amide bonds. The molecule has 1 saturated carbocycles. The fraction of sp³-hybridized carbons (Fsp3) is 0.429. The highest BCUT2D eigenvalue weighted by molar-refractivity contribution is 5.98. The lowest BCUT2D eigenvalue weighted by Gasteiger charge is -2.41. The number of hydrogen-bond donors (Lipinski definition) is 3. The fourth-order valence-electron chi connectivity index (χ4n) is 4.36. The Hall–Kier alpha value is -3.34. The lowest BCUT2D eigenvalue weighted by atomic mass is 9.77. The van der Waals surface area contributed by atoms with E-state index in [1.807, 2.05) is 0 Å². The number of H-pyrrole nitrogens is 1. The molecule has 1 aliphatic carbocycles. The van der Waals surface area contributed by atoms with Gasteiger partial charge in [-0.25, -0.2) is 18.7 Å². The minimum atomic E-state index is -2.50. The fourth-order valence-corrected chi connectivity index (χ4v) is 4.36. The van der Waals surface area contributed by atoms with Gasteiger partial charge in [-0.2, -0.15) is 9.97 Å². The van der Waals surface area contributed by atoms with Crippen LogP contribution in [-0.2, 0) is 6.54 Å². The van der Waals surface area contributed by atoms with Crippen LogP contribution in [0.3, 0.4) is 0 Å². The molecule has 9 nitrogen and oxygen atoms in total. The summed E-state index contributed by atoms with van der Waals surface area (Å²) in [6, 6.07) is 1.88. The number of pyridine rings is 1. The molecule has 4 aromatic heterocycles. The van der Waals surface area contributed by atoms with E-state index in [-0.39, 0.29) is 6.04 Å². The van der Waals surface area contributed by atoms with Gasteiger partial charge in [0.15, 0.2) is 5.65 Å². The van der Waals surface area contributed by atoms with Gasteiger partial charge in [0.25, 0.3) is 6.43 Å². The number of aromatic nitrogens is 6. The number of methoxy groups -OCH3 is 1. The number of halogens is 2. The first-order chi connectivity index (χ1) is 15.2. The van der Waals surface area contributed by atoms with Crippen LogP contribution >= 0.6 is 0 Å². The number of hydrogen-bond acceptors (Lipinski definition) is 7. The maximum absolute atomic E-state index is 13.1. The van der Waals surface area contributed by atoms with E-state index in [0.717, 1.165) is 5.56 Å². The number of aliphatic hydroxyl groups is 1. The molecule has 0 unspecified atom stereocenters. The first-order valence-electron chi connectivity index (χ1n) is 10.3. The molecule has 0 radical (unpaired) electrons. The van der Waals surface area contributed by atoms with Crippen molar-refractivity contribution in [3.63, 3.8) is 0 Å². The van der Waals surface area contributed by atoms with E-state index in [9.17, 15) is 13.9 Å². The molecule has 11 heteroatoms. The van der Waals surface area contributed by atoms with Crippen LogP contribution in [0.1, 0.15) is 25.6 Å². The van der Waals surface area contributed by atoms with Crippen LogP contribution < -0.4 is 10.1 Å². The van der Waals surface area contributed by atoms with Gasteiger partial charge in [0.05, 0.1) is 30.2 Å². The van der Waals surface area contributed by atoms with Crippen LogP contribution in [0.25, 0.3) is 33.3 Å². The van der Waals surface area contributed by atoms with Crippen molar-refractivity contribution >= 4 is 28.1 Å². The zero-order valence-corrected chi connectivity index (χ0v) is 17.9. The van der Waals surface area contributed by atoms with Gasteiger partial charge in [-0.05, 0) is 32.8 Å². The second-order valence-electron chi connectivity index (χ2n) is 8.46. The van der Waals surface area contributed by atoms with Crippen molar-refractivity contribution in [2.24, 2.45) is 0 Å². The van der Waals surface area contributed by atoms with Gasteiger partial charge in [0.2, 0.25) is 11.8 Å². The molecule has 1 aliphatic rings. The van der Waals surface area contributed by atoms with Crippen molar-refractivity contribution in [2.45, 2.75) is 51.3 Å². The van der Waals surface area contributed by atoms with Crippen LogP contribution in [0.5, 0.6) is 5.88 Å². The number of rotatable bonds is 6. The van der Waals surface area contributed by atoms with Gasteiger partial charge in [-0.15, -0.1) is 0 Å². The summed E-state index contributed by atoms with van der Waals surface area (Å²) < 4.78 is 33.1. The molecule has 5 rings (SSSR count). The highest BCUT2D eigenvalue weighted by atomic mass is 19.3. The summed E-state index contributed by atoms with van der Waals surface area (Å²) in [4.78, 5) is 20.8. The number of imidazole rings is 1. The molecule has 4 heterocycles. The molecular formula is C21H23F2N7O2. The summed E-state index contributed by atoms with van der Waals surface area (Å²) in [6.45, 7) is 3.03. The first-order valence-corrected chi connectivity index (χ1v) is 10.3. The van der Waals surface area contributed by atoms with Crippen molar-refractivity contribution in [3.8, 4) is 17.0 Å². The predicted molar refractivity (Wildman–Crippen MR) is 115 cm³/mol. The van der Waals surface area contributed by atoms with Gasteiger partial charge in [-0.1, -0.05) is 0 Å². The van der Waals surface area contributed by atoms with Gasteiger partial charge in [0, 0.05) is 29.6 Å². The Balaban J connectivity index is 1.55. The van der Waals surface area contributed by atoms with E-state index in [2.05, 4.69) is 30.2 Å². The number of anilines is 1. The Labute approximate surface area is 181 Å². The Morgan fingerprint density at radius 2 is 2.12 bits per heavy atom. The zero-order valence-electron chi connectivity index (χ0n) is 17.9. The molecular weight excluding hydrogens is 420 g/mol. The normalized spacial score (nSPS) is 20.8. The Morgan fingerprint density at radius 3 is 2.81 bits per heavy atom. The number of alkyl halides is 2. The summed E-state index contributed by atoms with van der Waals surface area (Å²) in [5, 5.41) is 13.8. The average molecular weight is 443 g/mol. The van der Waals surface area contributed by atoms with E-state index in [0.29, 0.717) is 58.3 Å². The minimum absolute atomic E-state index is 0.0894. The number of fused-ring (bicyclic) bond motifs is 2. The summed E-state index contributed by atoms with van der Waals surface area (Å²) in [5.41, 5.74) is 2.30. The van der Waals surface area contributed by atoms with Crippen molar-refractivity contribution in [2.75, 3.05) is 12.4 Å². The van der Waals surface area contributed by atoms with Gasteiger partial charge in [0.1, 0.15) is 11.5 Å². The number of ether oxygens (including phenoxy) is 1. The van der Waals surface area contributed by atoms with Crippen LogP contribution in [0.15, 0.2) is 18.5 Å². The molecule has 0 bridgehead atoms. The monoisotopic (exact) mass is 443 g/mol. The maximum atomic E-state index is 13.1. The molecule has 4 aromatic rings. The van der Waals surface area contributed by atoms with Crippen molar-refractivity contribution in [1.82, 2.24) is 29.5 Å². The maximum Gasteiger partial charge on any atom is 0.256 e. The third-order valence-corrected chi connectivity index (χ3v) is 5.83.